The summed E-state index contributed by atoms with van der Waals surface area (Å²) in [7, 11) is 0. The highest BCUT2D eigenvalue weighted by molar-refractivity contribution is 4.78. The van der Waals surface area contributed by atoms with E-state index in [0.717, 1.165) is 19.4 Å². The van der Waals surface area contributed by atoms with Gasteiger partial charge < -0.3 is 5.32 Å². The monoisotopic (exact) mass is 205 g/mol. The third kappa shape index (κ3) is 4.36. The van der Waals surface area contributed by atoms with E-state index in [1.165, 1.54) is 0 Å². The molecule has 0 aromatic rings. The Hall–Kier alpha value is -0.180. The normalized spacial score (nSPS) is 27.6. The van der Waals surface area contributed by atoms with Gasteiger partial charge in [-0.1, -0.05) is 20.3 Å². The van der Waals surface area contributed by atoms with E-state index < -0.39 is 5.92 Å². The highest BCUT2D eigenvalue weighted by Crippen LogP contribution is 2.34. The number of hydrogen-bond donors (Lipinski definition) is 1. The van der Waals surface area contributed by atoms with Crippen molar-refractivity contribution in [1.82, 2.24) is 5.32 Å². The fraction of sp³-hybridized carbons (Fsp3) is 1.00. The summed E-state index contributed by atoms with van der Waals surface area (Å²) in [5.41, 5.74) is 0. The maximum atomic E-state index is 13.2. The van der Waals surface area contributed by atoms with Gasteiger partial charge in [0.05, 0.1) is 0 Å². The Labute approximate surface area is 85.3 Å². The van der Waals surface area contributed by atoms with Crippen LogP contribution in [0.15, 0.2) is 0 Å². The Morgan fingerprint density at radius 3 is 2.71 bits per heavy atom. The van der Waals surface area contributed by atoms with Crippen molar-refractivity contribution in [2.75, 3.05) is 6.54 Å². The van der Waals surface area contributed by atoms with Crippen molar-refractivity contribution in [2.24, 2.45) is 5.92 Å². The lowest BCUT2D eigenvalue weighted by Crippen LogP contribution is -2.31. The van der Waals surface area contributed by atoms with Crippen LogP contribution in [0.1, 0.15) is 46.0 Å². The minimum absolute atomic E-state index is 0.0761. The van der Waals surface area contributed by atoms with E-state index in [2.05, 4.69) is 19.2 Å². The Kier molecular flexibility index (Phi) is 4.30. The Bertz CT molecular complexity index is 169. The first-order chi connectivity index (χ1) is 6.49. The Balaban J connectivity index is 2.36. The number of nitrogens with one attached hydrogen (secondary N) is 1. The summed E-state index contributed by atoms with van der Waals surface area (Å²) in [4.78, 5) is 0. The van der Waals surface area contributed by atoms with Crippen LogP contribution in [0.4, 0.5) is 8.78 Å². The van der Waals surface area contributed by atoms with Crippen LogP contribution < -0.4 is 5.32 Å². The van der Waals surface area contributed by atoms with E-state index in [0.29, 0.717) is 12.5 Å². The van der Waals surface area contributed by atoms with E-state index in [4.69, 9.17) is 0 Å². The van der Waals surface area contributed by atoms with E-state index in [9.17, 15) is 8.78 Å². The molecule has 3 heteroatoms. The lowest BCUT2D eigenvalue weighted by molar-refractivity contribution is -0.0250. The van der Waals surface area contributed by atoms with Gasteiger partial charge in [-0.05, 0) is 25.3 Å². The van der Waals surface area contributed by atoms with E-state index in [1.807, 2.05) is 0 Å². The second-order valence-corrected chi connectivity index (χ2v) is 4.73. The predicted molar refractivity (Wildman–Crippen MR) is 54.7 cm³/mol. The van der Waals surface area contributed by atoms with Gasteiger partial charge >= 0.3 is 0 Å². The summed E-state index contributed by atoms with van der Waals surface area (Å²) >= 11 is 0. The maximum absolute atomic E-state index is 13.2. The maximum Gasteiger partial charge on any atom is 0.248 e. The summed E-state index contributed by atoms with van der Waals surface area (Å²) in [5, 5.41) is 3.25. The quantitative estimate of drug-likeness (QED) is 0.698. The van der Waals surface area contributed by atoms with Gasteiger partial charge in [0.15, 0.2) is 0 Å². The van der Waals surface area contributed by atoms with Gasteiger partial charge in [0.1, 0.15) is 0 Å². The first-order valence-corrected chi connectivity index (χ1v) is 5.61. The van der Waals surface area contributed by atoms with Crippen molar-refractivity contribution in [3.63, 3.8) is 0 Å². The van der Waals surface area contributed by atoms with Crippen molar-refractivity contribution in [3.8, 4) is 0 Å². The van der Waals surface area contributed by atoms with Gasteiger partial charge in [-0.25, -0.2) is 8.78 Å². The summed E-state index contributed by atoms with van der Waals surface area (Å²) in [5.74, 6) is -2.25. The summed E-state index contributed by atoms with van der Waals surface area (Å²) < 4.78 is 26.4. The molecule has 0 aliphatic heterocycles. The molecule has 0 spiro atoms. The second kappa shape index (κ2) is 5.06. The summed E-state index contributed by atoms with van der Waals surface area (Å²) in [6, 6.07) is 0.395. The molecule has 0 amide bonds. The molecular formula is C11H21F2N. The average molecular weight is 205 g/mol. The minimum Gasteiger partial charge on any atom is -0.314 e. The Morgan fingerprint density at radius 1 is 1.36 bits per heavy atom. The molecule has 1 N–H and O–H groups in total. The van der Waals surface area contributed by atoms with Crippen molar-refractivity contribution < 1.29 is 8.78 Å². The molecule has 14 heavy (non-hydrogen) atoms. The van der Waals surface area contributed by atoms with Crippen molar-refractivity contribution >= 4 is 0 Å². The molecule has 1 fully saturated rings. The molecule has 1 aliphatic rings. The van der Waals surface area contributed by atoms with Crippen LogP contribution in [-0.2, 0) is 0 Å². The molecule has 0 radical (unpaired) electrons. The molecular weight excluding hydrogens is 184 g/mol. The van der Waals surface area contributed by atoms with Crippen LogP contribution in [0.25, 0.3) is 0 Å². The first kappa shape index (κ1) is 11.9. The summed E-state index contributed by atoms with van der Waals surface area (Å²) in [6.45, 7) is 4.84. The van der Waals surface area contributed by atoms with Crippen LogP contribution in [-0.4, -0.2) is 18.5 Å². The van der Waals surface area contributed by atoms with Crippen LogP contribution in [0.3, 0.4) is 0 Å². The molecule has 1 unspecified atom stereocenters. The molecule has 1 rings (SSSR count). The molecule has 0 saturated heterocycles. The van der Waals surface area contributed by atoms with E-state index >= 15 is 0 Å². The van der Waals surface area contributed by atoms with Crippen molar-refractivity contribution in [2.45, 2.75) is 57.9 Å². The van der Waals surface area contributed by atoms with Crippen LogP contribution >= 0.6 is 0 Å². The molecule has 1 aliphatic carbocycles. The zero-order chi connectivity index (χ0) is 10.6. The molecule has 1 saturated carbocycles. The minimum atomic E-state index is -2.42. The standard InChI is InChI=1S/C11H21F2N/c1-9(2)14-8-10-5-3-4-6-11(12,13)7-10/h9-10,14H,3-8H2,1-2H3. The van der Waals surface area contributed by atoms with Gasteiger partial charge in [-0.2, -0.15) is 0 Å². The number of rotatable bonds is 3. The number of halogens is 2. The van der Waals surface area contributed by atoms with Crippen molar-refractivity contribution in [1.29, 1.82) is 0 Å². The van der Waals surface area contributed by atoms with Gasteiger partial charge in [-0.3, -0.25) is 0 Å². The molecule has 0 aromatic carbocycles. The topological polar surface area (TPSA) is 12.0 Å². The lowest BCUT2D eigenvalue weighted by atomic mass is 9.98. The molecule has 84 valence electrons. The first-order valence-electron chi connectivity index (χ1n) is 5.61. The molecule has 1 atom stereocenters. The van der Waals surface area contributed by atoms with E-state index in [-0.39, 0.29) is 18.8 Å². The second-order valence-electron chi connectivity index (χ2n) is 4.73. The largest absolute Gasteiger partial charge is 0.314 e. The van der Waals surface area contributed by atoms with Crippen LogP contribution in [0.2, 0.25) is 0 Å². The smallest absolute Gasteiger partial charge is 0.248 e. The van der Waals surface area contributed by atoms with Crippen molar-refractivity contribution in [3.05, 3.63) is 0 Å². The van der Waals surface area contributed by atoms with E-state index in [1.54, 1.807) is 0 Å². The van der Waals surface area contributed by atoms with Gasteiger partial charge in [-0.15, -0.1) is 0 Å². The number of hydrogen-bond acceptors (Lipinski definition) is 1. The zero-order valence-corrected chi connectivity index (χ0v) is 9.15. The van der Waals surface area contributed by atoms with Crippen LogP contribution in [0.5, 0.6) is 0 Å². The fourth-order valence-electron chi connectivity index (χ4n) is 2.02. The average Bonchev–Trinajstić information content (AvgIpc) is 2.22. The highest BCUT2D eigenvalue weighted by Gasteiger charge is 2.34. The summed E-state index contributed by atoms with van der Waals surface area (Å²) in [6.07, 6.45) is 2.76. The zero-order valence-electron chi connectivity index (χ0n) is 9.15. The van der Waals surface area contributed by atoms with Gasteiger partial charge in [0.25, 0.3) is 0 Å². The SMILES string of the molecule is CC(C)NCC1CCCCC(F)(F)C1. The molecule has 1 nitrogen and oxygen atoms in total. The van der Waals surface area contributed by atoms with Gasteiger partial charge in [0.2, 0.25) is 5.92 Å². The third-order valence-corrected chi connectivity index (χ3v) is 2.81. The highest BCUT2D eigenvalue weighted by atomic mass is 19.3. The third-order valence-electron chi connectivity index (χ3n) is 2.81. The fourth-order valence-corrected chi connectivity index (χ4v) is 2.02. The lowest BCUT2D eigenvalue weighted by Gasteiger charge is -2.21. The number of alkyl halides is 2. The predicted octanol–water partition coefficient (Wildman–Crippen LogP) is 3.20. The van der Waals surface area contributed by atoms with Crippen LogP contribution in [0, 0.1) is 5.92 Å². The molecule has 0 heterocycles. The molecule has 0 aromatic heterocycles. The van der Waals surface area contributed by atoms with Gasteiger partial charge in [0, 0.05) is 18.9 Å². The molecule has 0 bridgehead atoms. The Morgan fingerprint density at radius 2 is 2.07 bits per heavy atom.